The lowest BCUT2D eigenvalue weighted by atomic mass is 10.4. The molecule has 0 aliphatic rings. The summed E-state index contributed by atoms with van der Waals surface area (Å²) in [6.45, 7) is 1.78. The third-order valence-electron chi connectivity index (χ3n) is 1.64. The van der Waals surface area contributed by atoms with Crippen LogP contribution in [0.4, 0.5) is 0 Å². The number of nitrogens with two attached hydrogens (primary N) is 1. The second kappa shape index (κ2) is 2.35. The molecule has 62 valence electrons. The highest BCUT2D eigenvalue weighted by atomic mass is 35.5. The minimum Gasteiger partial charge on any atom is -0.338 e. The highest BCUT2D eigenvalue weighted by Crippen LogP contribution is 2.19. The maximum Gasteiger partial charge on any atom is 0.163 e. The van der Waals surface area contributed by atoms with Gasteiger partial charge in [0.1, 0.15) is 11.0 Å². The molecule has 12 heavy (non-hydrogen) atoms. The summed E-state index contributed by atoms with van der Waals surface area (Å²) in [6.07, 6.45) is 1.70. The van der Waals surface area contributed by atoms with E-state index in [1.54, 1.807) is 19.2 Å². The number of fused-ring (bicyclic) bond motifs is 1. The zero-order valence-corrected chi connectivity index (χ0v) is 7.21. The normalized spacial score (nSPS) is 10.8. The Labute approximate surface area is 73.9 Å². The lowest BCUT2D eigenvalue weighted by Crippen LogP contribution is -2.07. The van der Waals surface area contributed by atoms with Crippen LogP contribution in [0.2, 0.25) is 5.15 Å². The molecule has 0 atom stereocenters. The summed E-state index contributed by atoms with van der Waals surface area (Å²) in [7, 11) is 0. The number of nitrogen functional groups attached to an aromatic ring is 1. The van der Waals surface area contributed by atoms with Crippen LogP contribution < -0.4 is 5.84 Å². The average molecular weight is 183 g/mol. The number of aromatic nitrogens is 3. The van der Waals surface area contributed by atoms with Gasteiger partial charge in [-0.15, -0.1) is 0 Å². The van der Waals surface area contributed by atoms with Crippen LogP contribution in [-0.4, -0.2) is 14.6 Å². The summed E-state index contributed by atoms with van der Waals surface area (Å²) in [4.78, 5) is 8.14. The first-order valence-electron chi connectivity index (χ1n) is 3.45. The van der Waals surface area contributed by atoms with E-state index >= 15 is 0 Å². The molecule has 0 radical (unpaired) electrons. The zero-order chi connectivity index (χ0) is 8.72. The van der Waals surface area contributed by atoms with Crippen LogP contribution in [0.25, 0.3) is 11.0 Å². The molecule has 2 aromatic rings. The monoisotopic (exact) mass is 182 g/mol. The second-order valence-corrected chi connectivity index (χ2v) is 2.88. The summed E-state index contributed by atoms with van der Waals surface area (Å²) in [6, 6.07) is 1.79. The van der Waals surface area contributed by atoms with E-state index in [4.69, 9.17) is 17.4 Å². The number of rotatable bonds is 0. The molecule has 0 bridgehead atoms. The van der Waals surface area contributed by atoms with Gasteiger partial charge >= 0.3 is 0 Å². The van der Waals surface area contributed by atoms with Gasteiger partial charge in [-0.25, -0.2) is 9.97 Å². The number of nitrogens with zero attached hydrogens (tertiary/aromatic N) is 3. The molecular formula is C7H7ClN4. The number of hydrogen-bond acceptors (Lipinski definition) is 3. The van der Waals surface area contributed by atoms with Crippen LogP contribution in [0, 0.1) is 6.92 Å². The largest absolute Gasteiger partial charge is 0.338 e. The van der Waals surface area contributed by atoms with E-state index < -0.39 is 0 Å². The first kappa shape index (κ1) is 7.36. The Balaban J connectivity index is 2.92. The second-order valence-electron chi connectivity index (χ2n) is 2.52. The minimum atomic E-state index is 0.446. The Morgan fingerprint density at radius 1 is 1.50 bits per heavy atom. The zero-order valence-electron chi connectivity index (χ0n) is 6.45. The summed E-state index contributed by atoms with van der Waals surface area (Å²) in [5, 5.41) is 1.23. The molecule has 0 amide bonds. The smallest absolute Gasteiger partial charge is 0.163 e. The maximum atomic E-state index is 5.86. The molecule has 0 aliphatic heterocycles. The van der Waals surface area contributed by atoms with Gasteiger partial charge in [0.05, 0.1) is 5.39 Å². The van der Waals surface area contributed by atoms with Crippen molar-refractivity contribution in [2.75, 3.05) is 5.84 Å². The predicted molar refractivity (Wildman–Crippen MR) is 47.4 cm³/mol. The van der Waals surface area contributed by atoms with Crippen LogP contribution in [0.1, 0.15) is 5.82 Å². The Morgan fingerprint density at radius 3 is 3.00 bits per heavy atom. The van der Waals surface area contributed by atoms with Gasteiger partial charge in [0.25, 0.3) is 0 Å². The topological polar surface area (TPSA) is 56.7 Å². The molecule has 0 aromatic carbocycles. The van der Waals surface area contributed by atoms with E-state index in [1.807, 2.05) is 0 Å². The van der Waals surface area contributed by atoms with Gasteiger partial charge in [0.15, 0.2) is 5.65 Å². The molecule has 0 saturated heterocycles. The van der Waals surface area contributed by atoms with E-state index in [-0.39, 0.29) is 0 Å². The van der Waals surface area contributed by atoms with Crippen molar-refractivity contribution in [3.8, 4) is 0 Å². The van der Waals surface area contributed by atoms with Gasteiger partial charge in [-0.1, -0.05) is 11.6 Å². The van der Waals surface area contributed by atoms with Crippen molar-refractivity contribution in [1.29, 1.82) is 0 Å². The fourth-order valence-electron chi connectivity index (χ4n) is 1.10. The maximum absolute atomic E-state index is 5.86. The van der Waals surface area contributed by atoms with Crippen molar-refractivity contribution in [2.24, 2.45) is 0 Å². The number of aryl methyl sites for hydroxylation is 1. The molecular weight excluding hydrogens is 176 g/mol. The summed E-state index contributed by atoms with van der Waals surface area (Å²) >= 11 is 5.86. The van der Waals surface area contributed by atoms with Crippen molar-refractivity contribution in [3.63, 3.8) is 0 Å². The van der Waals surface area contributed by atoms with Crippen LogP contribution >= 0.6 is 11.6 Å². The van der Waals surface area contributed by atoms with Gasteiger partial charge in [-0.05, 0) is 13.0 Å². The minimum absolute atomic E-state index is 0.446. The van der Waals surface area contributed by atoms with E-state index in [0.717, 1.165) is 5.39 Å². The predicted octanol–water partition coefficient (Wildman–Crippen LogP) is 1.11. The third kappa shape index (κ3) is 0.921. The van der Waals surface area contributed by atoms with E-state index in [1.165, 1.54) is 4.68 Å². The van der Waals surface area contributed by atoms with E-state index in [0.29, 0.717) is 16.6 Å². The Kier molecular flexibility index (Phi) is 1.44. The fraction of sp³-hybridized carbons (Fsp3) is 0.143. The standard InChI is InChI=1S/C7H7ClN4/c1-4-10-6(8)5-2-3-12(9)7(5)11-4/h2-3H,9H2,1H3. The van der Waals surface area contributed by atoms with E-state index in [9.17, 15) is 0 Å². The van der Waals surface area contributed by atoms with Crippen molar-refractivity contribution in [3.05, 3.63) is 23.2 Å². The summed E-state index contributed by atoms with van der Waals surface area (Å²) < 4.78 is 1.43. The van der Waals surface area contributed by atoms with Gasteiger partial charge < -0.3 is 5.84 Å². The molecule has 2 heterocycles. The van der Waals surface area contributed by atoms with Crippen LogP contribution in [0.5, 0.6) is 0 Å². The van der Waals surface area contributed by atoms with Crippen molar-refractivity contribution in [1.82, 2.24) is 14.6 Å². The molecule has 5 heteroatoms. The fourth-order valence-corrected chi connectivity index (χ4v) is 1.37. The Bertz CT molecular complexity index is 434. The SMILES string of the molecule is Cc1nc(Cl)c2ccn(N)c2n1. The van der Waals surface area contributed by atoms with Gasteiger partial charge in [0.2, 0.25) is 0 Å². The molecule has 2 aromatic heterocycles. The van der Waals surface area contributed by atoms with Crippen molar-refractivity contribution < 1.29 is 0 Å². The summed E-state index contributed by atoms with van der Waals surface area (Å²) in [5.74, 6) is 6.20. The van der Waals surface area contributed by atoms with Crippen LogP contribution in [0.3, 0.4) is 0 Å². The lowest BCUT2D eigenvalue weighted by Gasteiger charge is -1.97. The molecule has 2 N–H and O–H groups in total. The van der Waals surface area contributed by atoms with Gasteiger partial charge in [-0.2, -0.15) is 0 Å². The van der Waals surface area contributed by atoms with Crippen molar-refractivity contribution >= 4 is 22.6 Å². The summed E-state index contributed by atoms with van der Waals surface area (Å²) in [5.41, 5.74) is 0.660. The molecule has 0 spiro atoms. The highest BCUT2D eigenvalue weighted by Gasteiger charge is 2.05. The molecule has 0 fully saturated rings. The lowest BCUT2D eigenvalue weighted by molar-refractivity contribution is 0.999. The number of hydrogen-bond donors (Lipinski definition) is 1. The average Bonchev–Trinajstić information content (AvgIpc) is 2.33. The molecule has 0 saturated carbocycles. The molecule has 0 unspecified atom stereocenters. The first-order valence-corrected chi connectivity index (χ1v) is 3.82. The quantitative estimate of drug-likeness (QED) is 0.491. The molecule has 2 rings (SSSR count). The first-order chi connectivity index (χ1) is 5.68. The Morgan fingerprint density at radius 2 is 2.25 bits per heavy atom. The van der Waals surface area contributed by atoms with Crippen molar-refractivity contribution in [2.45, 2.75) is 6.92 Å². The molecule has 4 nitrogen and oxygen atoms in total. The number of halogens is 1. The van der Waals surface area contributed by atoms with Gasteiger partial charge in [-0.3, -0.25) is 4.68 Å². The Hall–Kier alpha value is -1.29. The third-order valence-corrected chi connectivity index (χ3v) is 1.93. The van der Waals surface area contributed by atoms with E-state index in [2.05, 4.69) is 9.97 Å². The van der Waals surface area contributed by atoms with Crippen LogP contribution in [-0.2, 0) is 0 Å². The van der Waals surface area contributed by atoms with Crippen LogP contribution in [0.15, 0.2) is 12.3 Å². The molecule has 0 aliphatic carbocycles. The highest BCUT2D eigenvalue weighted by molar-refractivity contribution is 6.33. The van der Waals surface area contributed by atoms with Gasteiger partial charge in [0, 0.05) is 6.20 Å².